The van der Waals surface area contributed by atoms with Crippen LogP contribution in [0.4, 0.5) is 0 Å². The van der Waals surface area contributed by atoms with Crippen LogP contribution in [0.2, 0.25) is 0 Å². The second kappa shape index (κ2) is 9.59. The minimum absolute atomic E-state index is 0.0157. The number of ether oxygens (including phenoxy) is 1. The average Bonchev–Trinajstić information content (AvgIpc) is 3.48. The van der Waals surface area contributed by atoms with Crippen LogP contribution in [0, 0.1) is 0 Å². The van der Waals surface area contributed by atoms with Gasteiger partial charge >= 0.3 is 5.69 Å². The van der Waals surface area contributed by atoms with E-state index in [0.29, 0.717) is 59.7 Å². The van der Waals surface area contributed by atoms with Crippen LogP contribution in [0.25, 0.3) is 39.1 Å². The van der Waals surface area contributed by atoms with Gasteiger partial charge in [0, 0.05) is 62.8 Å². The molecule has 1 amide bonds. The van der Waals surface area contributed by atoms with E-state index in [1.54, 1.807) is 57.1 Å². The number of fused-ring (bicyclic) bond motifs is 3. The van der Waals surface area contributed by atoms with Gasteiger partial charge in [-0.2, -0.15) is 5.10 Å². The number of aromatic nitrogens is 8. The van der Waals surface area contributed by atoms with Gasteiger partial charge in [-0.25, -0.2) is 24.4 Å². The molecule has 5 aromatic heterocycles. The second-order valence-corrected chi connectivity index (χ2v) is 8.98. The van der Waals surface area contributed by atoms with Gasteiger partial charge in [0.2, 0.25) is 11.9 Å². The summed E-state index contributed by atoms with van der Waals surface area (Å²) in [5.74, 6) is 0.328. The van der Waals surface area contributed by atoms with Crippen molar-refractivity contribution in [3.05, 3.63) is 70.0 Å². The quantitative estimate of drug-likeness (QED) is 0.340. The lowest BCUT2D eigenvalue weighted by Gasteiger charge is -2.33. The van der Waals surface area contributed by atoms with Crippen molar-refractivity contribution in [1.29, 1.82) is 0 Å². The van der Waals surface area contributed by atoms with Gasteiger partial charge in [-0.15, -0.1) is 0 Å². The molecule has 1 aliphatic heterocycles. The van der Waals surface area contributed by atoms with Crippen LogP contribution in [0.3, 0.4) is 0 Å². The minimum atomic E-state index is -0.525. The van der Waals surface area contributed by atoms with E-state index in [9.17, 15) is 14.4 Å². The third kappa shape index (κ3) is 4.12. The summed E-state index contributed by atoms with van der Waals surface area (Å²) in [5, 5.41) is 4.40. The molecule has 6 rings (SSSR count). The third-order valence-corrected chi connectivity index (χ3v) is 6.70. The maximum absolute atomic E-state index is 13.2. The largest absolute Gasteiger partial charge is 0.375 e. The summed E-state index contributed by atoms with van der Waals surface area (Å²) in [7, 11) is 1.48. The number of nitrogens with zero attached hydrogens (tertiary/aromatic N) is 8. The van der Waals surface area contributed by atoms with Crippen LogP contribution in [0.1, 0.15) is 18.9 Å². The van der Waals surface area contributed by atoms with Crippen LogP contribution in [-0.2, 0) is 9.53 Å². The fraction of sp³-hybridized carbons (Fsp3) is 0.280. The average molecular weight is 514 g/mol. The molecule has 0 radical (unpaired) electrons. The number of carbonyl (C=O) groups is 1. The predicted molar refractivity (Wildman–Crippen MR) is 137 cm³/mol. The molecule has 5 aromatic rings. The van der Waals surface area contributed by atoms with Crippen molar-refractivity contribution in [2.75, 3.05) is 26.8 Å². The van der Waals surface area contributed by atoms with Crippen LogP contribution in [-0.4, -0.2) is 76.9 Å². The number of carbonyl (C=O) groups excluding carboxylic acids is 1. The van der Waals surface area contributed by atoms with Crippen LogP contribution in [0.5, 0.6) is 0 Å². The number of piperidine rings is 1. The molecule has 1 aliphatic rings. The van der Waals surface area contributed by atoms with Crippen molar-refractivity contribution < 1.29 is 9.53 Å². The SMILES string of the molecule is COCC(=O)N1CCC(n2c(=O)[nH]c(=O)c3cnc4ccc(-c5cnc(-n6cccn6)nc5)nc4c32)CC1. The predicted octanol–water partition coefficient (Wildman–Crippen LogP) is 1.09. The van der Waals surface area contributed by atoms with Gasteiger partial charge in [0.1, 0.15) is 12.1 Å². The molecular formula is C25H23N9O4. The molecule has 0 unspecified atom stereocenters. The fourth-order valence-corrected chi connectivity index (χ4v) is 4.85. The molecule has 38 heavy (non-hydrogen) atoms. The summed E-state index contributed by atoms with van der Waals surface area (Å²) in [6, 6.07) is 5.13. The van der Waals surface area contributed by atoms with Crippen LogP contribution in [0.15, 0.2) is 58.8 Å². The molecule has 0 atom stereocenters. The van der Waals surface area contributed by atoms with Gasteiger partial charge in [-0.05, 0) is 31.0 Å². The number of nitrogens with one attached hydrogen (secondary N) is 1. The van der Waals surface area contributed by atoms with E-state index in [-0.39, 0.29) is 23.9 Å². The summed E-state index contributed by atoms with van der Waals surface area (Å²) in [6.07, 6.45) is 9.23. The number of rotatable bonds is 5. The first-order valence-electron chi connectivity index (χ1n) is 12.1. The van der Waals surface area contributed by atoms with Gasteiger partial charge in [0.05, 0.1) is 22.1 Å². The number of likely N-dealkylation sites (tertiary alicyclic amines) is 1. The summed E-state index contributed by atoms with van der Waals surface area (Å²) in [4.78, 5) is 60.3. The standard InChI is InChI=1S/C25H23N9O4/c1-38-14-20(35)32-9-5-16(6-10-32)34-22-17(23(36)31-25(34)37)13-26-19-4-3-18(30-21(19)22)15-11-27-24(28-12-15)33-8-2-7-29-33/h2-4,7-8,11-13,16H,5-6,9-10,14H2,1H3,(H,31,36,37). The summed E-state index contributed by atoms with van der Waals surface area (Å²) >= 11 is 0. The molecule has 1 saturated heterocycles. The topological polar surface area (TPSA) is 154 Å². The highest BCUT2D eigenvalue weighted by molar-refractivity contribution is 6.01. The van der Waals surface area contributed by atoms with E-state index >= 15 is 0 Å². The van der Waals surface area contributed by atoms with Crippen molar-refractivity contribution in [2.45, 2.75) is 18.9 Å². The summed E-state index contributed by atoms with van der Waals surface area (Å²) in [6.45, 7) is 0.963. The number of aromatic amines is 1. The monoisotopic (exact) mass is 513 g/mol. The molecule has 0 saturated carbocycles. The molecule has 1 fully saturated rings. The van der Waals surface area contributed by atoms with Crippen molar-refractivity contribution >= 4 is 27.8 Å². The van der Waals surface area contributed by atoms with Crippen molar-refractivity contribution in [2.24, 2.45) is 0 Å². The smallest absolute Gasteiger partial charge is 0.329 e. The summed E-state index contributed by atoms with van der Waals surface area (Å²) < 4.78 is 8.10. The number of methoxy groups -OCH3 is 1. The lowest BCUT2D eigenvalue weighted by atomic mass is 10.0. The highest BCUT2D eigenvalue weighted by Crippen LogP contribution is 2.28. The molecule has 0 aliphatic carbocycles. The second-order valence-electron chi connectivity index (χ2n) is 8.98. The third-order valence-electron chi connectivity index (χ3n) is 6.70. The fourth-order valence-electron chi connectivity index (χ4n) is 4.85. The normalized spacial score (nSPS) is 14.4. The minimum Gasteiger partial charge on any atom is -0.375 e. The molecule has 1 N–H and O–H groups in total. The van der Waals surface area contributed by atoms with E-state index in [1.807, 2.05) is 0 Å². The zero-order valence-corrected chi connectivity index (χ0v) is 20.4. The number of pyridine rings is 2. The Morgan fingerprint density at radius 2 is 1.89 bits per heavy atom. The van der Waals surface area contributed by atoms with E-state index in [4.69, 9.17) is 9.72 Å². The van der Waals surface area contributed by atoms with Crippen molar-refractivity contribution in [3.63, 3.8) is 0 Å². The lowest BCUT2D eigenvalue weighted by Crippen LogP contribution is -2.43. The first-order valence-corrected chi connectivity index (χ1v) is 12.1. The summed E-state index contributed by atoms with van der Waals surface area (Å²) in [5.41, 5.74) is 1.57. The van der Waals surface area contributed by atoms with Gasteiger partial charge in [-0.3, -0.25) is 24.1 Å². The molecule has 192 valence electrons. The van der Waals surface area contributed by atoms with E-state index < -0.39 is 11.2 Å². The number of H-pyrrole nitrogens is 1. The first kappa shape index (κ1) is 23.6. The van der Waals surface area contributed by atoms with E-state index in [2.05, 4.69) is 25.0 Å². The Kier molecular flexibility index (Phi) is 5.96. The van der Waals surface area contributed by atoms with E-state index in [1.165, 1.54) is 13.3 Å². The zero-order valence-electron chi connectivity index (χ0n) is 20.4. The number of amides is 1. The molecule has 0 spiro atoms. The Hall–Kier alpha value is -4.78. The Balaban J connectivity index is 1.44. The van der Waals surface area contributed by atoms with Crippen LogP contribution < -0.4 is 11.2 Å². The number of hydrogen-bond acceptors (Lipinski definition) is 9. The Morgan fingerprint density at radius 3 is 2.61 bits per heavy atom. The molecule has 0 bridgehead atoms. The highest BCUT2D eigenvalue weighted by atomic mass is 16.5. The molecule has 13 heteroatoms. The number of hydrogen-bond donors (Lipinski definition) is 1. The van der Waals surface area contributed by atoms with Gasteiger partial charge in [0.25, 0.3) is 5.56 Å². The van der Waals surface area contributed by atoms with E-state index in [0.717, 1.165) is 0 Å². The van der Waals surface area contributed by atoms with Crippen molar-refractivity contribution in [3.8, 4) is 17.2 Å². The van der Waals surface area contributed by atoms with Gasteiger partial charge < -0.3 is 9.64 Å². The maximum Gasteiger partial charge on any atom is 0.329 e. The molecule has 0 aromatic carbocycles. The molecule has 13 nitrogen and oxygen atoms in total. The maximum atomic E-state index is 13.2. The highest BCUT2D eigenvalue weighted by Gasteiger charge is 2.27. The first-order chi connectivity index (χ1) is 18.5. The Labute approximate surface area is 214 Å². The van der Waals surface area contributed by atoms with Gasteiger partial charge in [-0.1, -0.05) is 0 Å². The lowest BCUT2D eigenvalue weighted by molar-refractivity contribution is -0.136. The molecule has 6 heterocycles. The Bertz CT molecular complexity index is 1750. The molecular weight excluding hydrogens is 490 g/mol. The van der Waals surface area contributed by atoms with Gasteiger partial charge in [0.15, 0.2) is 0 Å². The Morgan fingerprint density at radius 1 is 1.11 bits per heavy atom. The van der Waals surface area contributed by atoms with Crippen LogP contribution >= 0.6 is 0 Å². The zero-order chi connectivity index (χ0) is 26.2. The van der Waals surface area contributed by atoms with Crippen molar-refractivity contribution in [1.82, 2.24) is 44.2 Å².